The van der Waals surface area contributed by atoms with E-state index in [1.165, 1.54) is 16.5 Å². The third-order valence-corrected chi connectivity index (χ3v) is 5.27. The van der Waals surface area contributed by atoms with Crippen molar-refractivity contribution in [1.82, 2.24) is 9.88 Å². The molecule has 1 N–H and O–H groups in total. The standard InChI is InChI=1S/C22H32N2O3/c1-14(2)18-13-23-19-12-20(26-6)16(11-17(18)19)15-7-9-24(10-8-15)21(25)27-22(3,4)5/h11-15,23H,7-10H2,1-6H3. The highest BCUT2D eigenvalue weighted by Crippen LogP contribution is 2.39. The fraction of sp³-hybridized carbons (Fsp3) is 0.591. The van der Waals surface area contributed by atoms with E-state index in [1.54, 1.807) is 7.11 Å². The van der Waals surface area contributed by atoms with E-state index in [-0.39, 0.29) is 6.09 Å². The van der Waals surface area contributed by atoms with Gasteiger partial charge in [0.25, 0.3) is 0 Å². The summed E-state index contributed by atoms with van der Waals surface area (Å²) in [5.74, 6) is 1.78. The molecule has 5 nitrogen and oxygen atoms in total. The van der Waals surface area contributed by atoms with E-state index >= 15 is 0 Å². The number of aromatic nitrogens is 1. The lowest BCUT2D eigenvalue weighted by atomic mass is 9.87. The molecule has 1 aliphatic rings. The zero-order chi connectivity index (χ0) is 19.8. The Bertz CT molecular complexity index is 809. The summed E-state index contributed by atoms with van der Waals surface area (Å²) in [6.45, 7) is 11.6. The molecule has 27 heavy (non-hydrogen) atoms. The van der Waals surface area contributed by atoms with Crippen molar-refractivity contribution in [1.29, 1.82) is 0 Å². The zero-order valence-electron chi connectivity index (χ0n) is 17.4. The Balaban J connectivity index is 1.80. The molecule has 0 saturated carbocycles. The lowest BCUT2D eigenvalue weighted by molar-refractivity contribution is 0.0204. The summed E-state index contributed by atoms with van der Waals surface area (Å²) >= 11 is 0. The van der Waals surface area contributed by atoms with E-state index in [1.807, 2.05) is 25.7 Å². The molecule has 1 amide bonds. The first kappa shape index (κ1) is 19.6. The predicted molar refractivity (Wildman–Crippen MR) is 109 cm³/mol. The molecule has 1 aliphatic heterocycles. The summed E-state index contributed by atoms with van der Waals surface area (Å²) < 4.78 is 11.2. The Morgan fingerprint density at radius 1 is 1.22 bits per heavy atom. The van der Waals surface area contributed by atoms with Crippen LogP contribution in [0.2, 0.25) is 0 Å². The number of amides is 1. The quantitative estimate of drug-likeness (QED) is 0.783. The van der Waals surface area contributed by atoms with Gasteiger partial charge in [-0.05, 0) is 62.6 Å². The minimum atomic E-state index is -0.455. The maximum absolute atomic E-state index is 12.3. The van der Waals surface area contributed by atoms with E-state index in [2.05, 4.69) is 37.2 Å². The molecule has 2 heterocycles. The van der Waals surface area contributed by atoms with Crippen LogP contribution in [0.3, 0.4) is 0 Å². The molecule has 2 aromatic rings. The third-order valence-electron chi connectivity index (χ3n) is 5.27. The number of benzene rings is 1. The first-order chi connectivity index (χ1) is 12.7. The topological polar surface area (TPSA) is 54.6 Å². The number of hydrogen-bond donors (Lipinski definition) is 1. The number of hydrogen-bond acceptors (Lipinski definition) is 3. The molecule has 1 fully saturated rings. The van der Waals surface area contributed by atoms with Crippen LogP contribution in [-0.2, 0) is 4.74 Å². The van der Waals surface area contributed by atoms with Crippen LogP contribution in [0.1, 0.15) is 70.4 Å². The highest BCUT2D eigenvalue weighted by molar-refractivity contribution is 5.86. The van der Waals surface area contributed by atoms with Gasteiger partial charge in [0.2, 0.25) is 0 Å². The van der Waals surface area contributed by atoms with Crippen molar-refractivity contribution >= 4 is 17.0 Å². The van der Waals surface area contributed by atoms with Gasteiger partial charge in [-0.25, -0.2) is 4.79 Å². The second-order valence-corrected chi connectivity index (χ2v) is 8.78. The lowest BCUT2D eigenvalue weighted by Gasteiger charge is -2.34. The van der Waals surface area contributed by atoms with Crippen LogP contribution in [0.4, 0.5) is 4.79 Å². The number of carbonyl (C=O) groups excluding carboxylic acids is 1. The summed E-state index contributed by atoms with van der Waals surface area (Å²) in [4.78, 5) is 17.5. The van der Waals surface area contributed by atoms with E-state index in [9.17, 15) is 4.79 Å². The maximum atomic E-state index is 12.3. The molecule has 0 unspecified atom stereocenters. The van der Waals surface area contributed by atoms with Gasteiger partial charge in [0.05, 0.1) is 7.11 Å². The number of nitrogens with zero attached hydrogens (tertiary/aromatic N) is 1. The molecule has 0 aliphatic carbocycles. The van der Waals surface area contributed by atoms with E-state index in [0.29, 0.717) is 24.9 Å². The van der Waals surface area contributed by atoms with Crippen molar-refractivity contribution in [3.8, 4) is 5.75 Å². The average Bonchev–Trinajstić information content (AvgIpc) is 3.02. The van der Waals surface area contributed by atoms with Crippen molar-refractivity contribution < 1.29 is 14.3 Å². The largest absolute Gasteiger partial charge is 0.496 e. The molecule has 0 bridgehead atoms. The molecule has 0 radical (unpaired) electrons. The van der Waals surface area contributed by atoms with Crippen LogP contribution in [0.5, 0.6) is 5.75 Å². The van der Waals surface area contributed by atoms with E-state index in [0.717, 1.165) is 24.1 Å². The third kappa shape index (κ3) is 4.23. The molecular formula is C22H32N2O3. The summed E-state index contributed by atoms with van der Waals surface area (Å²) in [5.41, 5.74) is 3.24. The molecule has 148 valence electrons. The molecule has 1 aromatic carbocycles. The van der Waals surface area contributed by atoms with Crippen molar-refractivity contribution in [2.75, 3.05) is 20.2 Å². The number of rotatable bonds is 3. The molecular weight excluding hydrogens is 340 g/mol. The summed E-state index contributed by atoms with van der Waals surface area (Å²) in [7, 11) is 1.73. The summed E-state index contributed by atoms with van der Waals surface area (Å²) in [6, 6.07) is 4.39. The number of fused-ring (bicyclic) bond motifs is 1. The van der Waals surface area contributed by atoms with Gasteiger partial charge in [-0.1, -0.05) is 13.8 Å². The van der Waals surface area contributed by atoms with Gasteiger partial charge in [-0.2, -0.15) is 0 Å². The Morgan fingerprint density at radius 3 is 2.44 bits per heavy atom. The number of ether oxygens (including phenoxy) is 2. The van der Waals surface area contributed by atoms with Gasteiger partial charge in [0.1, 0.15) is 11.4 Å². The van der Waals surface area contributed by atoms with Gasteiger partial charge in [-0.3, -0.25) is 0 Å². The second kappa shape index (κ2) is 7.45. The first-order valence-corrected chi connectivity index (χ1v) is 9.86. The number of piperidine rings is 1. The molecule has 1 saturated heterocycles. The first-order valence-electron chi connectivity index (χ1n) is 9.86. The van der Waals surface area contributed by atoms with Crippen molar-refractivity contribution in [3.05, 3.63) is 29.5 Å². The summed E-state index contributed by atoms with van der Waals surface area (Å²) in [6.07, 6.45) is 3.73. The van der Waals surface area contributed by atoms with E-state index in [4.69, 9.17) is 9.47 Å². The minimum Gasteiger partial charge on any atom is -0.496 e. The SMILES string of the molecule is COc1cc2[nH]cc(C(C)C)c2cc1C1CCN(C(=O)OC(C)(C)C)CC1. The molecule has 0 atom stereocenters. The Kier molecular flexibility index (Phi) is 5.41. The van der Waals surface area contributed by atoms with Crippen LogP contribution in [0.15, 0.2) is 18.3 Å². The predicted octanol–water partition coefficient (Wildman–Crippen LogP) is 5.41. The number of carbonyl (C=O) groups is 1. The van der Waals surface area contributed by atoms with Crippen molar-refractivity contribution in [2.45, 2.75) is 64.9 Å². The van der Waals surface area contributed by atoms with Crippen LogP contribution in [0, 0.1) is 0 Å². The van der Waals surface area contributed by atoms with Gasteiger partial charge in [-0.15, -0.1) is 0 Å². The molecule has 1 aromatic heterocycles. The van der Waals surface area contributed by atoms with Crippen molar-refractivity contribution in [2.24, 2.45) is 0 Å². The van der Waals surface area contributed by atoms with Crippen molar-refractivity contribution in [3.63, 3.8) is 0 Å². The molecule has 5 heteroatoms. The van der Waals surface area contributed by atoms with E-state index < -0.39 is 5.60 Å². The van der Waals surface area contributed by atoms with Crippen LogP contribution in [0.25, 0.3) is 10.9 Å². The van der Waals surface area contributed by atoms with Crippen LogP contribution >= 0.6 is 0 Å². The average molecular weight is 373 g/mol. The molecule has 0 spiro atoms. The highest BCUT2D eigenvalue weighted by Gasteiger charge is 2.29. The fourth-order valence-electron chi connectivity index (χ4n) is 3.86. The summed E-state index contributed by atoms with van der Waals surface area (Å²) in [5, 5.41) is 1.27. The molecule has 3 rings (SSSR count). The van der Waals surface area contributed by atoms with Gasteiger partial charge < -0.3 is 19.4 Å². The number of likely N-dealkylation sites (tertiary alicyclic amines) is 1. The Hall–Kier alpha value is -2.17. The monoisotopic (exact) mass is 372 g/mol. The second-order valence-electron chi connectivity index (χ2n) is 8.78. The smallest absolute Gasteiger partial charge is 0.410 e. The number of H-pyrrole nitrogens is 1. The number of methoxy groups -OCH3 is 1. The maximum Gasteiger partial charge on any atom is 0.410 e. The lowest BCUT2D eigenvalue weighted by Crippen LogP contribution is -2.41. The Morgan fingerprint density at radius 2 is 1.89 bits per heavy atom. The van der Waals surface area contributed by atoms with Crippen LogP contribution < -0.4 is 4.74 Å². The highest BCUT2D eigenvalue weighted by atomic mass is 16.6. The zero-order valence-corrected chi connectivity index (χ0v) is 17.4. The van der Waals surface area contributed by atoms with Crippen LogP contribution in [-0.4, -0.2) is 41.8 Å². The normalized spacial score (nSPS) is 16.2. The van der Waals surface area contributed by atoms with Gasteiger partial charge >= 0.3 is 6.09 Å². The Labute approximate surface area is 162 Å². The van der Waals surface area contributed by atoms with Gasteiger partial charge in [0.15, 0.2) is 0 Å². The minimum absolute atomic E-state index is 0.212. The van der Waals surface area contributed by atoms with Gasteiger partial charge in [0, 0.05) is 36.3 Å². The number of aromatic amines is 1. The fourth-order valence-corrected chi connectivity index (χ4v) is 3.86. The number of nitrogens with one attached hydrogen (secondary N) is 1.